The van der Waals surface area contributed by atoms with E-state index in [9.17, 15) is 0 Å². The van der Waals surface area contributed by atoms with E-state index < -0.39 is 0 Å². The fourth-order valence-corrected chi connectivity index (χ4v) is 5.33. The lowest BCUT2D eigenvalue weighted by Crippen LogP contribution is -2.37. The van der Waals surface area contributed by atoms with Gasteiger partial charge in [-0.15, -0.1) is 0 Å². The van der Waals surface area contributed by atoms with Crippen LogP contribution in [0, 0.1) is 13.8 Å². The summed E-state index contributed by atoms with van der Waals surface area (Å²) in [5.41, 5.74) is 9.43. The van der Waals surface area contributed by atoms with E-state index in [4.69, 9.17) is 4.74 Å². The summed E-state index contributed by atoms with van der Waals surface area (Å²) in [6, 6.07) is 42.9. The molecule has 3 heteroatoms. The van der Waals surface area contributed by atoms with Crippen molar-refractivity contribution in [1.82, 2.24) is 0 Å². The Bertz CT molecular complexity index is 1640. The average molecular weight is 569 g/mol. The van der Waals surface area contributed by atoms with Gasteiger partial charge >= 0.3 is 0 Å². The van der Waals surface area contributed by atoms with E-state index in [0.29, 0.717) is 0 Å². The van der Waals surface area contributed by atoms with Gasteiger partial charge in [0, 0.05) is 34.0 Å². The Labute approximate surface area is 258 Å². The molecule has 0 atom stereocenters. The fourth-order valence-electron chi connectivity index (χ4n) is 5.33. The summed E-state index contributed by atoms with van der Waals surface area (Å²) < 4.78 is 6.31. The molecule has 0 saturated carbocycles. The number of anilines is 5. The quantitative estimate of drug-likeness (QED) is 0.194. The van der Waals surface area contributed by atoms with Crippen molar-refractivity contribution in [2.45, 2.75) is 66.3 Å². The molecule has 0 saturated heterocycles. The Kier molecular flexibility index (Phi) is 8.37. The molecule has 5 rings (SSSR count). The Morgan fingerprint density at radius 3 is 1.33 bits per heavy atom. The molecule has 43 heavy (non-hydrogen) atoms. The van der Waals surface area contributed by atoms with E-state index in [2.05, 4.69) is 162 Å². The summed E-state index contributed by atoms with van der Waals surface area (Å²) in [5, 5.41) is 0. The van der Waals surface area contributed by atoms with Crippen molar-refractivity contribution in [3.63, 3.8) is 0 Å². The van der Waals surface area contributed by atoms with Crippen molar-refractivity contribution in [2.24, 2.45) is 0 Å². The number of ether oxygens (including phenoxy) is 1. The number of hydrogen-bond acceptors (Lipinski definition) is 3. The van der Waals surface area contributed by atoms with Crippen LogP contribution in [-0.2, 0) is 5.41 Å². The molecule has 0 fully saturated rings. The van der Waals surface area contributed by atoms with Gasteiger partial charge in [0.1, 0.15) is 11.5 Å². The van der Waals surface area contributed by atoms with Crippen LogP contribution in [0.1, 0.15) is 58.2 Å². The Hall–Kier alpha value is -4.50. The van der Waals surface area contributed by atoms with E-state index >= 15 is 0 Å². The second kappa shape index (κ2) is 12.0. The molecule has 5 aromatic carbocycles. The van der Waals surface area contributed by atoms with Crippen LogP contribution in [0.4, 0.5) is 28.4 Å². The summed E-state index contributed by atoms with van der Waals surface area (Å²) in [6.45, 7) is 17.7. The molecule has 0 radical (unpaired) electrons. The van der Waals surface area contributed by atoms with Gasteiger partial charge in [-0.1, -0.05) is 68.3 Å². The van der Waals surface area contributed by atoms with Gasteiger partial charge in [0.15, 0.2) is 0 Å². The average Bonchev–Trinajstić information content (AvgIpc) is 2.96. The normalized spacial score (nSPS) is 11.7. The Morgan fingerprint density at radius 1 is 0.465 bits per heavy atom. The minimum absolute atomic E-state index is 0.0618. The Balaban J connectivity index is 1.40. The van der Waals surface area contributed by atoms with Crippen LogP contribution in [-0.4, -0.2) is 5.54 Å². The first-order valence-electron chi connectivity index (χ1n) is 15.1. The van der Waals surface area contributed by atoms with Crippen molar-refractivity contribution in [3.8, 4) is 11.5 Å². The van der Waals surface area contributed by atoms with Crippen LogP contribution < -0.4 is 14.5 Å². The monoisotopic (exact) mass is 568 g/mol. The van der Waals surface area contributed by atoms with Crippen LogP contribution in [0.3, 0.4) is 0 Å². The standard InChI is InChI=1S/C40H44N2O/c1-29-12-16-32(17-13-29)41(36-11-9-10-31(28-36)39(3,4)5)33-20-24-37(25-21-33)43-38-26-22-35(23-27-38)42(40(6,7)8)34-18-14-30(2)15-19-34/h9-28H,1-8H3. The highest BCUT2D eigenvalue weighted by atomic mass is 16.5. The first-order chi connectivity index (χ1) is 20.4. The van der Waals surface area contributed by atoms with E-state index in [1.807, 2.05) is 24.3 Å². The molecule has 5 aromatic rings. The smallest absolute Gasteiger partial charge is 0.127 e. The van der Waals surface area contributed by atoms with Crippen LogP contribution >= 0.6 is 0 Å². The van der Waals surface area contributed by atoms with Gasteiger partial charge in [0.2, 0.25) is 0 Å². The van der Waals surface area contributed by atoms with Gasteiger partial charge in [0.25, 0.3) is 0 Å². The fraction of sp³-hybridized carbons (Fsp3) is 0.250. The van der Waals surface area contributed by atoms with E-state index in [0.717, 1.165) is 34.2 Å². The summed E-state index contributed by atoms with van der Waals surface area (Å²) in [7, 11) is 0. The van der Waals surface area contributed by atoms with Gasteiger partial charge < -0.3 is 14.5 Å². The molecule has 0 N–H and O–H groups in total. The summed E-state index contributed by atoms with van der Waals surface area (Å²) >= 11 is 0. The predicted octanol–water partition coefficient (Wildman–Crippen LogP) is 11.8. The highest BCUT2D eigenvalue weighted by Crippen LogP contribution is 2.39. The lowest BCUT2D eigenvalue weighted by Gasteiger charge is -2.38. The summed E-state index contributed by atoms with van der Waals surface area (Å²) in [4.78, 5) is 4.67. The van der Waals surface area contributed by atoms with Crippen LogP contribution in [0.2, 0.25) is 0 Å². The van der Waals surface area contributed by atoms with Crippen LogP contribution in [0.25, 0.3) is 0 Å². The zero-order chi connectivity index (χ0) is 30.8. The first-order valence-corrected chi connectivity index (χ1v) is 15.1. The maximum absolute atomic E-state index is 6.31. The molecular weight excluding hydrogens is 524 g/mol. The van der Waals surface area contributed by atoms with Crippen molar-refractivity contribution in [1.29, 1.82) is 0 Å². The molecule has 0 aliphatic rings. The lowest BCUT2D eigenvalue weighted by molar-refractivity contribution is 0.482. The lowest BCUT2D eigenvalue weighted by atomic mass is 9.87. The predicted molar refractivity (Wildman–Crippen MR) is 184 cm³/mol. The highest BCUT2D eigenvalue weighted by Gasteiger charge is 2.23. The third kappa shape index (κ3) is 7.11. The van der Waals surface area contributed by atoms with Crippen molar-refractivity contribution < 1.29 is 4.74 Å². The molecule has 0 amide bonds. The van der Waals surface area contributed by atoms with E-state index in [1.165, 1.54) is 22.4 Å². The Morgan fingerprint density at radius 2 is 0.884 bits per heavy atom. The maximum Gasteiger partial charge on any atom is 0.127 e. The third-order valence-electron chi connectivity index (χ3n) is 7.65. The molecule has 0 heterocycles. The molecular formula is C40H44N2O. The van der Waals surface area contributed by atoms with Crippen molar-refractivity contribution >= 4 is 28.4 Å². The highest BCUT2D eigenvalue weighted by molar-refractivity contribution is 5.77. The molecule has 0 aliphatic heterocycles. The largest absolute Gasteiger partial charge is 0.457 e. The summed E-state index contributed by atoms with van der Waals surface area (Å²) in [5.74, 6) is 1.61. The second-order valence-electron chi connectivity index (χ2n) is 13.4. The molecule has 0 aromatic heterocycles. The van der Waals surface area contributed by atoms with Gasteiger partial charge in [0.05, 0.1) is 0 Å². The third-order valence-corrected chi connectivity index (χ3v) is 7.65. The minimum atomic E-state index is -0.0802. The minimum Gasteiger partial charge on any atom is -0.457 e. The second-order valence-corrected chi connectivity index (χ2v) is 13.4. The molecule has 0 bridgehead atoms. The van der Waals surface area contributed by atoms with Crippen molar-refractivity contribution in [3.05, 3.63) is 138 Å². The topological polar surface area (TPSA) is 15.7 Å². The number of aryl methyl sites for hydroxylation is 2. The van der Waals surface area contributed by atoms with Crippen molar-refractivity contribution in [2.75, 3.05) is 9.80 Å². The number of nitrogens with zero attached hydrogens (tertiary/aromatic N) is 2. The van der Waals surface area contributed by atoms with Gasteiger partial charge in [-0.25, -0.2) is 0 Å². The molecule has 0 spiro atoms. The maximum atomic E-state index is 6.31. The van der Waals surface area contributed by atoms with E-state index in [-0.39, 0.29) is 11.0 Å². The van der Waals surface area contributed by atoms with E-state index in [1.54, 1.807) is 0 Å². The van der Waals surface area contributed by atoms with Crippen LogP contribution in [0.5, 0.6) is 11.5 Å². The summed E-state index contributed by atoms with van der Waals surface area (Å²) in [6.07, 6.45) is 0. The zero-order valence-electron chi connectivity index (χ0n) is 26.8. The zero-order valence-corrected chi connectivity index (χ0v) is 26.8. The van der Waals surface area contributed by atoms with Gasteiger partial charge in [-0.3, -0.25) is 0 Å². The van der Waals surface area contributed by atoms with Gasteiger partial charge in [-0.2, -0.15) is 0 Å². The number of rotatable bonds is 7. The molecule has 0 aliphatic carbocycles. The van der Waals surface area contributed by atoms with Gasteiger partial charge in [-0.05, 0) is 131 Å². The SMILES string of the molecule is Cc1ccc(N(c2ccc(Oc3ccc(N(c4ccc(C)cc4)C(C)(C)C)cc3)cc2)c2cccc(C(C)(C)C)c2)cc1. The molecule has 0 unspecified atom stereocenters. The number of benzene rings is 5. The van der Waals surface area contributed by atoms with Crippen LogP contribution in [0.15, 0.2) is 121 Å². The molecule has 220 valence electrons. The molecule has 3 nitrogen and oxygen atoms in total. The first kappa shape index (κ1) is 30.0. The number of hydrogen-bond donors (Lipinski definition) is 0.